The van der Waals surface area contributed by atoms with Gasteiger partial charge in [-0.05, 0) is 49.2 Å². The fraction of sp³-hybridized carbons (Fsp3) is 0.167. The molecule has 0 aliphatic carbocycles. The summed E-state index contributed by atoms with van der Waals surface area (Å²) in [6.45, 7) is 4.10. The van der Waals surface area contributed by atoms with Crippen LogP contribution >= 0.6 is 0 Å². The molecule has 0 saturated carbocycles. The van der Waals surface area contributed by atoms with Gasteiger partial charge in [0.2, 0.25) is 0 Å². The lowest BCUT2D eigenvalue weighted by molar-refractivity contribution is 0.416. The van der Waals surface area contributed by atoms with Crippen molar-refractivity contribution in [3.05, 3.63) is 63.8 Å². The molecule has 0 saturated heterocycles. The fourth-order valence-corrected chi connectivity index (χ4v) is 2.51. The van der Waals surface area contributed by atoms with Crippen molar-refractivity contribution >= 4 is 10.9 Å². The van der Waals surface area contributed by atoms with Crippen molar-refractivity contribution in [3.63, 3.8) is 0 Å². The van der Waals surface area contributed by atoms with Crippen molar-refractivity contribution in [2.24, 2.45) is 0 Å². The maximum atomic E-state index is 12.3. The van der Waals surface area contributed by atoms with Crippen LogP contribution in [0.25, 0.3) is 22.2 Å². The Hall–Kier alpha value is -2.55. The quantitative estimate of drug-likeness (QED) is 0.775. The van der Waals surface area contributed by atoms with E-state index in [1.54, 1.807) is 13.2 Å². The molecular formula is C18H17NO2. The van der Waals surface area contributed by atoms with Crippen LogP contribution in [0.3, 0.4) is 0 Å². The minimum absolute atomic E-state index is 0.0135. The lowest BCUT2D eigenvalue weighted by Gasteiger charge is -2.12. The number of methoxy groups -OCH3 is 1. The third-order valence-corrected chi connectivity index (χ3v) is 3.84. The van der Waals surface area contributed by atoms with E-state index in [1.807, 2.05) is 43.3 Å². The molecule has 0 radical (unpaired) electrons. The zero-order valence-electron chi connectivity index (χ0n) is 12.4. The molecule has 2 aromatic carbocycles. The smallest absolute Gasteiger partial charge is 0.190 e. The van der Waals surface area contributed by atoms with Crippen LogP contribution in [-0.4, -0.2) is 12.1 Å². The van der Waals surface area contributed by atoms with Crippen LogP contribution in [0.5, 0.6) is 5.75 Å². The maximum absolute atomic E-state index is 12.3. The van der Waals surface area contributed by atoms with Crippen molar-refractivity contribution < 1.29 is 4.74 Å². The molecule has 0 aliphatic heterocycles. The second-order valence-electron chi connectivity index (χ2n) is 5.23. The number of pyridine rings is 1. The van der Waals surface area contributed by atoms with Gasteiger partial charge in [-0.2, -0.15) is 0 Å². The average molecular weight is 279 g/mol. The summed E-state index contributed by atoms with van der Waals surface area (Å²) < 4.78 is 5.47. The van der Waals surface area contributed by atoms with Crippen LogP contribution in [0, 0.1) is 13.8 Å². The Morgan fingerprint density at radius 2 is 1.71 bits per heavy atom. The number of H-pyrrole nitrogens is 1. The summed E-state index contributed by atoms with van der Waals surface area (Å²) in [6, 6.07) is 13.2. The minimum Gasteiger partial charge on any atom is -0.496 e. The van der Waals surface area contributed by atoms with E-state index in [-0.39, 0.29) is 5.43 Å². The van der Waals surface area contributed by atoms with Crippen LogP contribution in [0.15, 0.2) is 47.3 Å². The Kier molecular flexibility index (Phi) is 3.26. The van der Waals surface area contributed by atoms with E-state index in [9.17, 15) is 4.79 Å². The van der Waals surface area contributed by atoms with Crippen LogP contribution in [0.4, 0.5) is 0 Å². The summed E-state index contributed by atoms with van der Waals surface area (Å²) in [7, 11) is 1.65. The highest BCUT2D eigenvalue weighted by molar-refractivity contribution is 5.82. The first-order chi connectivity index (χ1) is 10.1. The van der Waals surface area contributed by atoms with Crippen molar-refractivity contribution in [3.8, 4) is 17.0 Å². The highest BCUT2D eigenvalue weighted by Crippen LogP contribution is 2.31. The number of hydrogen-bond donors (Lipinski definition) is 1. The largest absolute Gasteiger partial charge is 0.496 e. The number of hydrogen-bond acceptors (Lipinski definition) is 2. The predicted octanol–water partition coefficient (Wildman–Crippen LogP) is 3.82. The second-order valence-corrected chi connectivity index (χ2v) is 5.23. The second kappa shape index (κ2) is 5.09. The Labute approximate surface area is 123 Å². The third kappa shape index (κ3) is 2.31. The molecule has 0 fully saturated rings. The first kappa shape index (κ1) is 13.4. The van der Waals surface area contributed by atoms with Gasteiger partial charge in [-0.15, -0.1) is 0 Å². The van der Waals surface area contributed by atoms with E-state index in [0.717, 1.165) is 22.5 Å². The van der Waals surface area contributed by atoms with E-state index >= 15 is 0 Å². The summed E-state index contributed by atoms with van der Waals surface area (Å²) in [5.41, 5.74) is 4.86. The zero-order valence-corrected chi connectivity index (χ0v) is 12.4. The molecule has 106 valence electrons. The molecule has 1 N–H and O–H groups in total. The average Bonchev–Trinajstić information content (AvgIpc) is 2.49. The molecular weight excluding hydrogens is 262 g/mol. The summed E-state index contributed by atoms with van der Waals surface area (Å²) in [4.78, 5) is 15.6. The molecule has 0 aliphatic rings. The molecule has 21 heavy (non-hydrogen) atoms. The molecule has 0 atom stereocenters. The van der Waals surface area contributed by atoms with Crippen molar-refractivity contribution in [2.45, 2.75) is 13.8 Å². The first-order valence-corrected chi connectivity index (χ1v) is 6.88. The number of aromatic nitrogens is 1. The van der Waals surface area contributed by atoms with Crippen LogP contribution in [0.2, 0.25) is 0 Å². The molecule has 0 amide bonds. The number of fused-ring (bicyclic) bond motifs is 1. The summed E-state index contributed by atoms with van der Waals surface area (Å²) in [6.07, 6.45) is 0. The lowest BCUT2D eigenvalue weighted by atomic mass is 10.0. The molecule has 3 heteroatoms. The van der Waals surface area contributed by atoms with E-state index in [4.69, 9.17) is 4.74 Å². The third-order valence-electron chi connectivity index (χ3n) is 3.84. The van der Waals surface area contributed by atoms with Gasteiger partial charge in [-0.3, -0.25) is 4.79 Å². The Morgan fingerprint density at radius 3 is 2.48 bits per heavy atom. The highest BCUT2D eigenvalue weighted by Gasteiger charge is 2.11. The van der Waals surface area contributed by atoms with E-state index in [0.29, 0.717) is 5.39 Å². The number of ether oxygens (including phenoxy) is 1. The molecule has 3 aromatic rings. The topological polar surface area (TPSA) is 42.1 Å². The van der Waals surface area contributed by atoms with Gasteiger partial charge in [0.05, 0.1) is 12.8 Å². The van der Waals surface area contributed by atoms with Gasteiger partial charge in [0.25, 0.3) is 0 Å². The summed E-state index contributed by atoms with van der Waals surface area (Å²) in [5.74, 6) is 0.768. The molecule has 0 bridgehead atoms. The van der Waals surface area contributed by atoms with Gasteiger partial charge in [0.1, 0.15) is 5.75 Å². The van der Waals surface area contributed by atoms with Gasteiger partial charge in [0.15, 0.2) is 5.43 Å². The molecule has 0 spiro atoms. The normalized spacial score (nSPS) is 10.8. The van der Waals surface area contributed by atoms with E-state index in [2.05, 4.69) is 11.9 Å². The summed E-state index contributed by atoms with van der Waals surface area (Å²) in [5, 5.41) is 0.698. The number of nitrogens with one attached hydrogen (secondary N) is 1. The number of para-hydroxylation sites is 1. The molecule has 3 nitrogen and oxygen atoms in total. The zero-order chi connectivity index (χ0) is 15.0. The minimum atomic E-state index is 0.0135. The fourth-order valence-electron chi connectivity index (χ4n) is 2.51. The molecule has 3 rings (SSSR count). The monoisotopic (exact) mass is 279 g/mol. The Bertz CT molecular complexity index is 878. The summed E-state index contributed by atoms with van der Waals surface area (Å²) >= 11 is 0. The first-order valence-electron chi connectivity index (χ1n) is 6.88. The van der Waals surface area contributed by atoms with Crippen molar-refractivity contribution in [1.29, 1.82) is 0 Å². The molecule has 1 aromatic heterocycles. The number of benzene rings is 2. The Morgan fingerprint density at radius 1 is 1.00 bits per heavy atom. The van der Waals surface area contributed by atoms with Gasteiger partial charge in [0, 0.05) is 22.5 Å². The molecule has 0 unspecified atom stereocenters. The van der Waals surface area contributed by atoms with Crippen molar-refractivity contribution in [1.82, 2.24) is 4.98 Å². The highest BCUT2D eigenvalue weighted by atomic mass is 16.5. The van der Waals surface area contributed by atoms with E-state index in [1.165, 1.54) is 11.1 Å². The molecule has 1 heterocycles. The Balaban J connectivity index is 2.30. The standard InChI is InChI=1S/C18H17NO2/c1-11-8-14(18(21-3)9-12(11)2)16-10-17(20)13-6-4-5-7-15(13)19-16/h4-10H,1-3H3,(H,19,20). The lowest BCUT2D eigenvalue weighted by Crippen LogP contribution is -2.03. The van der Waals surface area contributed by atoms with Gasteiger partial charge in [-0.1, -0.05) is 12.1 Å². The van der Waals surface area contributed by atoms with Crippen LogP contribution in [-0.2, 0) is 0 Å². The maximum Gasteiger partial charge on any atom is 0.190 e. The number of aromatic amines is 1. The van der Waals surface area contributed by atoms with Crippen molar-refractivity contribution in [2.75, 3.05) is 7.11 Å². The van der Waals surface area contributed by atoms with Gasteiger partial charge in [-0.25, -0.2) is 0 Å². The number of rotatable bonds is 2. The van der Waals surface area contributed by atoms with Gasteiger partial charge >= 0.3 is 0 Å². The van der Waals surface area contributed by atoms with Crippen LogP contribution in [0.1, 0.15) is 11.1 Å². The van der Waals surface area contributed by atoms with Crippen LogP contribution < -0.4 is 10.2 Å². The van der Waals surface area contributed by atoms with E-state index < -0.39 is 0 Å². The van der Waals surface area contributed by atoms with Gasteiger partial charge < -0.3 is 9.72 Å². The predicted molar refractivity (Wildman–Crippen MR) is 86.0 cm³/mol. The SMILES string of the molecule is COc1cc(C)c(C)cc1-c1cc(=O)c2ccccc2[nH]1. The number of aryl methyl sites for hydroxylation is 2.